The van der Waals surface area contributed by atoms with E-state index in [1.807, 2.05) is 13.8 Å². The van der Waals surface area contributed by atoms with Crippen molar-refractivity contribution in [3.63, 3.8) is 0 Å². The Morgan fingerprint density at radius 1 is 0.872 bits per heavy atom. The summed E-state index contributed by atoms with van der Waals surface area (Å²) in [5.41, 5.74) is -2.09. The van der Waals surface area contributed by atoms with Gasteiger partial charge in [0.15, 0.2) is 6.29 Å². The molecule has 15 atom stereocenters. The molecular formula is C36H58O11. The number of hydrogen-bond donors (Lipinski definition) is 8. The minimum Gasteiger partial charge on any atom is -0.481 e. The Balaban J connectivity index is 1.32. The van der Waals surface area contributed by atoms with Crippen LogP contribution in [0.1, 0.15) is 91.9 Å². The van der Waals surface area contributed by atoms with Gasteiger partial charge in [0, 0.05) is 10.8 Å². The molecule has 6 rings (SSSR count). The maximum atomic E-state index is 13.2. The number of allylic oxidation sites excluding steroid dienone is 1. The van der Waals surface area contributed by atoms with Gasteiger partial charge in [-0.3, -0.25) is 4.79 Å². The largest absolute Gasteiger partial charge is 0.481 e. The van der Waals surface area contributed by atoms with Crippen LogP contribution in [0.4, 0.5) is 0 Å². The lowest BCUT2D eigenvalue weighted by molar-refractivity contribution is -0.307. The molecule has 1 heterocycles. The number of rotatable bonds is 7. The summed E-state index contributed by atoms with van der Waals surface area (Å²) in [4.78, 5) is 13.2. The number of carboxylic acid groups (broad SMARTS) is 1. The number of hydrogen-bond acceptors (Lipinski definition) is 10. The molecule has 1 aliphatic heterocycles. The van der Waals surface area contributed by atoms with Crippen LogP contribution in [0.25, 0.3) is 0 Å². The Morgan fingerprint density at radius 3 is 2.21 bits per heavy atom. The number of aliphatic carboxylic acids is 1. The molecule has 0 bridgehead atoms. The Kier molecular flexibility index (Phi) is 9.09. The summed E-state index contributed by atoms with van der Waals surface area (Å²) in [6.07, 6.45) is 1.21. The first-order chi connectivity index (χ1) is 22.0. The van der Waals surface area contributed by atoms with Gasteiger partial charge in [0.05, 0.1) is 37.9 Å². The Hall–Kier alpha value is -1.15. The molecule has 5 fully saturated rings. The van der Waals surface area contributed by atoms with E-state index < -0.39 is 71.0 Å². The maximum Gasteiger partial charge on any atom is 0.310 e. The van der Waals surface area contributed by atoms with Crippen LogP contribution in [0, 0.1) is 50.2 Å². The highest BCUT2D eigenvalue weighted by atomic mass is 16.7. The topological polar surface area (TPSA) is 197 Å². The highest BCUT2D eigenvalue weighted by Crippen LogP contribution is 2.75. The first-order valence-corrected chi connectivity index (χ1v) is 17.8. The Labute approximate surface area is 278 Å². The molecule has 5 aliphatic carbocycles. The summed E-state index contributed by atoms with van der Waals surface area (Å²) in [7, 11) is 0. The second-order valence-electron chi connectivity index (χ2n) is 17.5. The fraction of sp³-hybridized carbons (Fsp3) is 0.917. The van der Waals surface area contributed by atoms with Gasteiger partial charge in [0.1, 0.15) is 24.4 Å². The van der Waals surface area contributed by atoms with Crippen molar-refractivity contribution in [2.75, 3.05) is 26.4 Å². The molecule has 8 N–H and O–H groups in total. The van der Waals surface area contributed by atoms with Crippen LogP contribution in [-0.4, -0.2) is 110 Å². The molecule has 1 saturated heterocycles. The van der Waals surface area contributed by atoms with Gasteiger partial charge in [-0.2, -0.15) is 0 Å². The summed E-state index contributed by atoms with van der Waals surface area (Å²) in [6.45, 7) is 8.11. The molecule has 6 aliphatic rings. The normalized spacial score (nSPS) is 54.4. The molecule has 0 unspecified atom stereocenters. The molecule has 0 amide bonds. The SMILES string of the molecule is C[C@@]1(CO[C@@H]2O[C@H](CO)[C@@H](O)[C@H](O)[C@H]2O)CC[C@]2(C(=O)O)CC[C@]3(CO)C(=CC[C@@H]4[C@@]5(C)CC[C@H](O)[C@@](C)(CO)[C@@H]5CC[C@]43C)[C@@H]2C1. The molecule has 11 nitrogen and oxygen atoms in total. The summed E-state index contributed by atoms with van der Waals surface area (Å²) in [5, 5.41) is 84.5. The first-order valence-electron chi connectivity index (χ1n) is 17.8. The van der Waals surface area contributed by atoms with Crippen molar-refractivity contribution in [2.45, 2.75) is 129 Å². The monoisotopic (exact) mass is 666 g/mol. The molecular weight excluding hydrogens is 608 g/mol. The molecule has 0 radical (unpaired) electrons. The van der Waals surface area contributed by atoms with Gasteiger partial charge in [0.2, 0.25) is 0 Å². The second kappa shape index (κ2) is 12.0. The number of aliphatic hydroxyl groups excluding tert-OH is 7. The lowest BCUT2D eigenvalue weighted by atomic mass is 9.33. The number of carboxylic acids is 1. The summed E-state index contributed by atoms with van der Waals surface area (Å²) in [6, 6.07) is 0. The van der Waals surface area contributed by atoms with Gasteiger partial charge < -0.3 is 50.3 Å². The van der Waals surface area contributed by atoms with Crippen LogP contribution in [0.5, 0.6) is 0 Å². The zero-order valence-electron chi connectivity index (χ0n) is 28.5. The van der Waals surface area contributed by atoms with Crippen molar-refractivity contribution >= 4 is 5.97 Å². The smallest absolute Gasteiger partial charge is 0.310 e. The van der Waals surface area contributed by atoms with Crippen molar-refractivity contribution in [3.8, 4) is 0 Å². The average Bonchev–Trinajstić information content (AvgIpc) is 3.04. The number of aliphatic hydroxyl groups is 7. The standard InChI is InChI=1S/C36H58O11/c1-31(19-46-29-28(43)27(42)26(41)22(16-37)47-29)11-12-35(30(44)45)13-14-36(18-39)20(21(35)15-31)5-6-24-32(2)9-8-25(40)33(3,17-38)23(32)7-10-34(24,36)4/h5,21-29,37-43H,6-19H2,1-4H3,(H,44,45)/t21-,22+,23+,24+,25-,26+,27-,28+,29+,31+,32-,33-,34+,35-,36-/m0/s1. The Bertz CT molecular complexity index is 1240. The molecule has 268 valence electrons. The van der Waals surface area contributed by atoms with Crippen molar-refractivity contribution in [1.82, 2.24) is 0 Å². The lowest BCUT2D eigenvalue weighted by Gasteiger charge is -2.71. The van der Waals surface area contributed by atoms with Crippen LogP contribution >= 0.6 is 0 Å². The fourth-order valence-corrected chi connectivity index (χ4v) is 12.3. The number of fused-ring (bicyclic) bond motifs is 7. The second-order valence-corrected chi connectivity index (χ2v) is 17.5. The predicted octanol–water partition coefficient (Wildman–Crippen LogP) is 1.97. The predicted molar refractivity (Wildman–Crippen MR) is 170 cm³/mol. The molecule has 11 heteroatoms. The van der Waals surface area contributed by atoms with E-state index in [2.05, 4.69) is 19.9 Å². The quantitative estimate of drug-likeness (QED) is 0.185. The van der Waals surface area contributed by atoms with E-state index in [1.54, 1.807) is 0 Å². The lowest BCUT2D eigenvalue weighted by Crippen LogP contribution is -2.67. The van der Waals surface area contributed by atoms with Crippen LogP contribution in [-0.2, 0) is 14.3 Å². The zero-order valence-corrected chi connectivity index (χ0v) is 28.5. The first kappa shape index (κ1) is 35.7. The van der Waals surface area contributed by atoms with Gasteiger partial charge in [-0.1, -0.05) is 39.3 Å². The molecule has 4 saturated carbocycles. The van der Waals surface area contributed by atoms with E-state index in [1.165, 1.54) is 0 Å². The van der Waals surface area contributed by atoms with E-state index in [4.69, 9.17) is 9.47 Å². The van der Waals surface area contributed by atoms with Crippen molar-refractivity contribution in [3.05, 3.63) is 11.6 Å². The average molecular weight is 667 g/mol. The molecule has 47 heavy (non-hydrogen) atoms. The van der Waals surface area contributed by atoms with Gasteiger partial charge in [-0.05, 0) is 98.2 Å². The van der Waals surface area contributed by atoms with Crippen molar-refractivity contribution in [1.29, 1.82) is 0 Å². The van der Waals surface area contributed by atoms with E-state index in [-0.39, 0.29) is 48.4 Å². The third-order valence-electron chi connectivity index (χ3n) is 15.4. The zero-order chi connectivity index (χ0) is 34.4. The highest BCUT2D eigenvalue weighted by molar-refractivity contribution is 5.76. The van der Waals surface area contributed by atoms with E-state index in [0.717, 1.165) is 31.3 Å². The van der Waals surface area contributed by atoms with E-state index >= 15 is 0 Å². The van der Waals surface area contributed by atoms with Gasteiger partial charge in [-0.25, -0.2) is 0 Å². The van der Waals surface area contributed by atoms with Crippen LogP contribution in [0.3, 0.4) is 0 Å². The minimum atomic E-state index is -1.55. The summed E-state index contributed by atoms with van der Waals surface area (Å²) in [5.74, 6) is -0.816. The summed E-state index contributed by atoms with van der Waals surface area (Å²) < 4.78 is 11.7. The van der Waals surface area contributed by atoms with E-state index in [9.17, 15) is 45.6 Å². The van der Waals surface area contributed by atoms with Gasteiger partial charge >= 0.3 is 5.97 Å². The maximum absolute atomic E-state index is 13.2. The highest BCUT2D eigenvalue weighted by Gasteiger charge is 2.71. The minimum absolute atomic E-state index is 0.0723. The van der Waals surface area contributed by atoms with Crippen molar-refractivity contribution in [2.24, 2.45) is 50.2 Å². The molecule has 0 aromatic rings. The number of ether oxygens (including phenoxy) is 2. The van der Waals surface area contributed by atoms with Crippen LogP contribution < -0.4 is 0 Å². The Morgan fingerprint density at radius 2 is 1.57 bits per heavy atom. The van der Waals surface area contributed by atoms with E-state index in [0.29, 0.717) is 38.5 Å². The van der Waals surface area contributed by atoms with Crippen LogP contribution in [0.15, 0.2) is 11.6 Å². The number of carbonyl (C=O) groups is 1. The van der Waals surface area contributed by atoms with Gasteiger partial charge in [-0.15, -0.1) is 0 Å². The van der Waals surface area contributed by atoms with Gasteiger partial charge in [0.25, 0.3) is 0 Å². The summed E-state index contributed by atoms with van der Waals surface area (Å²) >= 11 is 0. The fourth-order valence-electron chi connectivity index (χ4n) is 12.3. The third kappa shape index (κ3) is 4.88. The molecule has 0 aromatic heterocycles. The molecule has 0 spiro atoms. The van der Waals surface area contributed by atoms with Crippen molar-refractivity contribution < 1.29 is 55.1 Å². The molecule has 0 aromatic carbocycles. The van der Waals surface area contributed by atoms with Crippen LogP contribution in [0.2, 0.25) is 0 Å². The third-order valence-corrected chi connectivity index (χ3v) is 15.4.